The van der Waals surface area contributed by atoms with Crippen LogP contribution in [0.4, 0.5) is 31.1 Å². The van der Waals surface area contributed by atoms with Crippen LogP contribution in [-0.4, -0.2) is 12.7 Å². The van der Waals surface area contributed by atoms with Crippen LogP contribution in [0.5, 0.6) is 0 Å². The lowest BCUT2D eigenvalue weighted by Crippen LogP contribution is -2.33. The van der Waals surface area contributed by atoms with Crippen molar-refractivity contribution in [2.45, 2.75) is 25.3 Å². The van der Waals surface area contributed by atoms with Gasteiger partial charge in [-0.3, -0.25) is 0 Å². The summed E-state index contributed by atoms with van der Waals surface area (Å²) in [7, 11) is 0. The van der Waals surface area contributed by atoms with E-state index in [1.54, 1.807) is 60.7 Å². The van der Waals surface area contributed by atoms with E-state index in [0.717, 1.165) is 12.1 Å². The molecule has 0 saturated heterocycles. The van der Waals surface area contributed by atoms with Gasteiger partial charge in [0.25, 0.3) is 0 Å². The van der Waals surface area contributed by atoms with Crippen molar-refractivity contribution in [3.8, 4) is 22.3 Å². The maximum atomic E-state index is 14.6. The lowest BCUT2D eigenvalue weighted by molar-refractivity contribution is -0.138. The normalized spacial score (nSPS) is 12.0. The van der Waals surface area contributed by atoms with Gasteiger partial charge in [0.1, 0.15) is 0 Å². The molecule has 3 nitrogen and oxygen atoms in total. The van der Waals surface area contributed by atoms with E-state index in [1.165, 1.54) is 19.1 Å². The first kappa shape index (κ1) is 30.6. The first-order valence-corrected chi connectivity index (χ1v) is 13.7. The third kappa shape index (κ3) is 6.95. The summed E-state index contributed by atoms with van der Waals surface area (Å²) in [6.45, 7) is 1.31. The molecule has 0 bridgehead atoms. The van der Waals surface area contributed by atoms with Crippen LogP contribution in [0.15, 0.2) is 93.9 Å². The lowest BCUT2D eigenvalue weighted by Gasteiger charge is -2.28. The molecule has 1 N–H and O–H groups in total. The van der Waals surface area contributed by atoms with Crippen LogP contribution in [0, 0.1) is 0 Å². The van der Waals surface area contributed by atoms with Crippen molar-refractivity contribution >= 4 is 38.0 Å². The number of alkyl carbamates (subject to hydrolysis) is 1. The third-order valence-corrected chi connectivity index (χ3v) is 7.51. The lowest BCUT2D eigenvalue weighted by atomic mass is 9.87. The van der Waals surface area contributed by atoms with Gasteiger partial charge >= 0.3 is 18.4 Å². The highest BCUT2D eigenvalue weighted by Crippen LogP contribution is 2.48. The molecule has 0 heterocycles. The van der Waals surface area contributed by atoms with Gasteiger partial charge in [-0.2, -0.15) is 26.3 Å². The predicted molar refractivity (Wildman–Crippen MR) is 151 cm³/mol. The molecule has 1 amide bonds. The summed E-state index contributed by atoms with van der Waals surface area (Å²) < 4.78 is 92.2. The van der Waals surface area contributed by atoms with E-state index in [4.69, 9.17) is 4.74 Å². The molecule has 0 unspecified atom stereocenters. The van der Waals surface area contributed by atoms with Gasteiger partial charge in [-0.15, -0.1) is 0 Å². The van der Waals surface area contributed by atoms with Crippen LogP contribution in [0.2, 0.25) is 0 Å². The first-order chi connectivity index (χ1) is 19.3. The molecule has 0 aliphatic rings. The average molecular weight is 701 g/mol. The van der Waals surface area contributed by atoms with E-state index < -0.39 is 46.7 Å². The van der Waals surface area contributed by atoms with Crippen molar-refractivity contribution in [3.05, 3.63) is 116 Å². The van der Waals surface area contributed by atoms with Gasteiger partial charge in [-0.1, -0.05) is 92.5 Å². The Balaban J connectivity index is 2.04. The second-order valence-corrected chi connectivity index (χ2v) is 10.6. The van der Waals surface area contributed by atoms with Gasteiger partial charge in [0.05, 0.1) is 23.8 Å². The smallest absolute Gasteiger partial charge is 0.416 e. The molecular weight excluding hydrogens is 680 g/mol. The first-order valence-electron chi connectivity index (χ1n) is 12.2. The van der Waals surface area contributed by atoms with Gasteiger partial charge in [0.2, 0.25) is 0 Å². The van der Waals surface area contributed by atoms with Crippen LogP contribution in [-0.2, 0) is 17.1 Å². The van der Waals surface area contributed by atoms with E-state index in [2.05, 4.69) is 37.2 Å². The van der Waals surface area contributed by atoms with E-state index in [9.17, 15) is 31.1 Å². The number of alkyl halides is 6. The number of benzene rings is 4. The fourth-order valence-electron chi connectivity index (χ4n) is 4.47. The van der Waals surface area contributed by atoms with Crippen LogP contribution < -0.4 is 5.32 Å². The summed E-state index contributed by atoms with van der Waals surface area (Å²) in [4.78, 5) is 12.6. The van der Waals surface area contributed by atoms with E-state index in [1.807, 2.05) is 0 Å². The highest BCUT2D eigenvalue weighted by atomic mass is 79.9. The number of halogens is 8. The maximum absolute atomic E-state index is 14.6. The average Bonchev–Trinajstić information content (AvgIpc) is 2.91. The largest absolute Gasteiger partial charge is 0.450 e. The van der Waals surface area contributed by atoms with Crippen molar-refractivity contribution in [2.24, 2.45) is 0 Å². The summed E-state index contributed by atoms with van der Waals surface area (Å²) >= 11 is 6.35. The minimum absolute atomic E-state index is 0.153. The SMILES string of the molecule is CCOC(=O)NC(c1c(Br)cc(-c2ccccc2)cc1C(F)(F)F)c1c(Br)cc(-c2ccccc2)cc1C(F)(F)F. The molecule has 0 aromatic heterocycles. The number of amides is 1. The number of carbonyl (C=O) groups is 1. The van der Waals surface area contributed by atoms with Gasteiger partial charge in [-0.25, -0.2) is 4.79 Å². The molecule has 0 atom stereocenters. The van der Waals surface area contributed by atoms with Crippen LogP contribution in [0.1, 0.15) is 35.2 Å². The summed E-state index contributed by atoms with van der Waals surface area (Å²) in [5.41, 5.74) is -2.38. The summed E-state index contributed by atoms with van der Waals surface area (Å²) in [5.74, 6) is 0. The van der Waals surface area contributed by atoms with E-state index >= 15 is 0 Å². The molecule has 0 fully saturated rings. The van der Waals surface area contributed by atoms with E-state index in [-0.39, 0.29) is 26.7 Å². The minimum Gasteiger partial charge on any atom is -0.450 e. The molecule has 4 rings (SSSR count). The topological polar surface area (TPSA) is 38.3 Å². The highest BCUT2D eigenvalue weighted by Gasteiger charge is 2.43. The summed E-state index contributed by atoms with van der Waals surface area (Å²) in [5, 5.41) is 2.25. The molecule has 4 aromatic carbocycles. The molecular formula is C30H21Br2F6NO2. The zero-order chi connectivity index (χ0) is 29.9. The monoisotopic (exact) mass is 699 g/mol. The van der Waals surface area contributed by atoms with Gasteiger partial charge in [0, 0.05) is 20.1 Å². The number of nitrogens with one attached hydrogen (secondary N) is 1. The van der Waals surface area contributed by atoms with Crippen molar-refractivity contribution < 1.29 is 35.9 Å². The van der Waals surface area contributed by atoms with Crippen molar-refractivity contribution in [1.29, 1.82) is 0 Å². The molecule has 11 heteroatoms. The number of carbonyl (C=O) groups excluding carboxylic acids is 1. The number of hydrogen-bond donors (Lipinski definition) is 1. The molecule has 0 radical (unpaired) electrons. The van der Waals surface area contributed by atoms with Gasteiger partial charge in [0.15, 0.2) is 0 Å². The van der Waals surface area contributed by atoms with Gasteiger partial charge < -0.3 is 10.1 Å². The summed E-state index contributed by atoms with van der Waals surface area (Å²) in [6.07, 6.45) is -11.2. The number of hydrogen-bond acceptors (Lipinski definition) is 2. The fraction of sp³-hybridized carbons (Fsp3) is 0.167. The predicted octanol–water partition coefficient (Wildman–Crippen LogP) is 10.4. The molecule has 0 spiro atoms. The quantitative estimate of drug-likeness (QED) is 0.203. The molecule has 41 heavy (non-hydrogen) atoms. The zero-order valence-corrected chi connectivity index (χ0v) is 24.4. The zero-order valence-electron chi connectivity index (χ0n) is 21.2. The second kappa shape index (κ2) is 12.3. The highest BCUT2D eigenvalue weighted by molar-refractivity contribution is 9.10. The van der Waals surface area contributed by atoms with Crippen LogP contribution in [0.25, 0.3) is 22.3 Å². The molecule has 0 saturated carbocycles. The molecule has 0 aliphatic carbocycles. The standard InChI is InChI=1S/C30H21Br2F6NO2/c1-2-41-28(40)39-27(25-21(29(33,34)35)13-19(15-23(25)31)17-9-5-3-6-10-17)26-22(30(36,37)38)14-20(16-24(26)32)18-11-7-4-8-12-18/h3-16,27H,2H2,1H3,(H,39,40). The van der Waals surface area contributed by atoms with Crippen molar-refractivity contribution in [3.63, 3.8) is 0 Å². The Bertz CT molecular complexity index is 1430. The van der Waals surface area contributed by atoms with Gasteiger partial charge in [-0.05, 0) is 53.4 Å². The Morgan fingerprint density at radius 2 is 1.10 bits per heavy atom. The molecule has 0 aliphatic heterocycles. The maximum Gasteiger partial charge on any atom is 0.416 e. The Hall–Kier alpha value is -3.31. The summed E-state index contributed by atoms with van der Waals surface area (Å²) in [6, 6.07) is 19.0. The van der Waals surface area contributed by atoms with E-state index in [0.29, 0.717) is 11.1 Å². The van der Waals surface area contributed by atoms with Crippen molar-refractivity contribution in [2.75, 3.05) is 6.61 Å². The second-order valence-electron chi connectivity index (χ2n) is 8.86. The number of ether oxygens (including phenoxy) is 1. The number of rotatable bonds is 6. The van der Waals surface area contributed by atoms with Crippen LogP contribution in [0.3, 0.4) is 0 Å². The minimum atomic E-state index is -4.99. The Kier molecular flexibility index (Phi) is 9.18. The van der Waals surface area contributed by atoms with Crippen molar-refractivity contribution in [1.82, 2.24) is 5.32 Å². The molecule has 4 aromatic rings. The molecule has 214 valence electrons. The fourth-order valence-corrected chi connectivity index (χ4v) is 5.84. The third-order valence-electron chi connectivity index (χ3n) is 6.20. The Labute approximate surface area is 248 Å². The Morgan fingerprint density at radius 3 is 1.44 bits per heavy atom. The van der Waals surface area contributed by atoms with Crippen LogP contribution >= 0.6 is 31.9 Å². The Morgan fingerprint density at radius 1 is 0.707 bits per heavy atom.